The molecule has 2 aromatic rings. The number of carbonyl (C=O) groups is 1. The summed E-state index contributed by atoms with van der Waals surface area (Å²) in [6.45, 7) is 4.17. The number of hydrogen-bond donors (Lipinski definition) is 3. The normalized spacial score (nSPS) is 10.2. The molecule has 0 spiro atoms. The molecule has 2 aromatic carbocycles. The molecule has 0 saturated heterocycles. The third-order valence-electron chi connectivity index (χ3n) is 3.56. The molecule has 25 heavy (non-hydrogen) atoms. The van der Waals surface area contributed by atoms with E-state index in [1.807, 2.05) is 24.3 Å². The highest BCUT2D eigenvalue weighted by Crippen LogP contribution is 2.12. The minimum atomic E-state index is -0.109. The monoisotopic (exact) mass is 373 g/mol. The Morgan fingerprint density at radius 3 is 2.28 bits per heavy atom. The van der Waals surface area contributed by atoms with Gasteiger partial charge in [0.15, 0.2) is 5.11 Å². The number of hydrogen-bond acceptors (Lipinski definition) is 3. The molecule has 0 atom stereocenters. The van der Waals surface area contributed by atoms with Gasteiger partial charge in [0, 0.05) is 11.4 Å². The molecule has 0 unspecified atom stereocenters. The summed E-state index contributed by atoms with van der Waals surface area (Å²) >= 11 is 6.74. The van der Waals surface area contributed by atoms with E-state index in [4.69, 9.17) is 12.2 Å². The van der Waals surface area contributed by atoms with E-state index in [2.05, 4.69) is 54.3 Å². The summed E-state index contributed by atoms with van der Waals surface area (Å²) in [5.41, 5.74) is 9.93. The fraction of sp³-hybridized carbons (Fsp3) is 0.263. The van der Waals surface area contributed by atoms with E-state index in [9.17, 15) is 4.79 Å². The minimum absolute atomic E-state index is 0.109. The first-order valence-electron chi connectivity index (χ1n) is 8.15. The van der Waals surface area contributed by atoms with Crippen LogP contribution in [0.25, 0.3) is 0 Å². The van der Waals surface area contributed by atoms with E-state index < -0.39 is 0 Å². The highest BCUT2D eigenvalue weighted by Gasteiger charge is 2.03. The highest BCUT2D eigenvalue weighted by molar-refractivity contribution is 7.99. The van der Waals surface area contributed by atoms with E-state index in [0.29, 0.717) is 10.9 Å². The maximum Gasteiger partial charge on any atom is 0.248 e. The van der Waals surface area contributed by atoms with Gasteiger partial charge in [0.1, 0.15) is 0 Å². The molecule has 4 nitrogen and oxygen atoms in total. The molecule has 1 amide bonds. The Bertz CT molecular complexity index is 700. The summed E-state index contributed by atoms with van der Waals surface area (Å²) in [5.74, 6) is 1.07. The average molecular weight is 374 g/mol. The number of nitrogens with one attached hydrogen (secondary N) is 3. The molecule has 0 radical (unpaired) electrons. The fourth-order valence-corrected chi connectivity index (χ4v) is 3.05. The van der Waals surface area contributed by atoms with Gasteiger partial charge in [-0.1, -0.05) is 48.9 Å². The van der Waals surface area contributed by atoms with Gasteiger partial charge in [0.2, 0.25) is 5.91 Å². The second-order valence-electron chi connectivity index (χ2n) is 5.66. The molecule has 0 aromatic heterocycles. The Balaban J connectivity index is 1.64. The third-order valence-corrected chi connectivity index (χ3v) is 4.77. The van der Waals surface area contributed by atoms with Crippen molar-refractivity contribution in [2.45, 2.75) is 26.0 Å². The van der Waals surface area contributed by atoms with Crippen molar-refractivity contribution >= 4 is 40.7 Å². The first kappa shape index (κ1) is 19.3. The average Bonchev–Trinajstić information content (AvgIpc) is 2.62. The number of amides is 1. The van der Waals surface area contributed by atoms with Gasteiger partial charge in [-0.15, -0.1) is 11.8 Å². The molecule has 132 valence electrons. The van der Waals surface area contributed by atoms with Crippen molar-refractivity contribution in [3.8, 4) is 0 Å². The van der Waals surface area contributed by atoms with Crippen LogP contribution >= 0.6 is 24.0 Å². The summed E-state index contributed by atoms with van der Waals surface area (Å²) < 4.78 is 0. The Morgan fingerprint density at radius 1 is 1.00 bits per heavy atom. The molecule has 0 aliphatic carbocycles. The van der Waals surface area contributed by atoms with E-state index in [1.165, 1.54) is 16.7 Å². The third kappa shape index (κ3) is 7.15. The number of rotatable bonds is 6. The topological polar surface area (TPSA) is 53.2 Å². The van der Waals surface area contributed by atoms with Gasteiger partial charge in [-0.3, -0.25) is 15.6 Å². The van der Waals surface area contributed by atoms with Gasteiger partial charge in [0.25, 0.3) is 0 Å². The Labute approximate surface area is 158 Å². The van der Waals surface area contributed by atoms with Crippen LogP contribution in [0.15, 0.2) is 48.5 Å². The van der Waals surface area contributed by atoms with Crippen LogP contribution in [-0.2, 0) is 17.0 Å². The maximum atomic E-state index is 11.8. The fourth-order valence-electron chi connectivity index (χ4n) is 2.09. The highest BCUT2D eigenvalue weighted by atomic mass is 32.2. The molecule has 2 rings (SSSR count). The van der Waals surface area contributed by atoms with Gasteiger partial charge in [-0.2, -0.15) is 0 Å². The van der Waals surface area contributed by atoms with Gasteiger partial charge in [-0.05, 0) is 48.8 Å². The van der Waals surface area contributed by atoms with Crippen LogP contribution in [0.4, 0.5) is 5.69 Å². The molecule has 0 bridgehead atoms. The zero-order valence-electron chi connectivity index (χ0n) is 14.5. The Kier molecular flexibility index (Phi) is 7.76. The summed E-state index contributed by atoms with van der Waals surface area (Å²) in [6, 6.07) is 16.3. The predicted molar refractivity (Wildman–Crippen MR) is 111 cm³/mol. The van der Waals surface area contributed by atoms with Crippen molar-refractivity contribution in [1.82, 2.24) is 10.9 Å². The maximum absolute atomic E-state index is 11.8. The van der Waals surface area contributed by atoms with Crippen LogP contribution in [0, 0.1) is 6.92 Å². The van der Waals surface area contributed by atoms with E-state index >= 15 is 0 Å². The van der Waals surface area contributed by atoms with Crippen LogP contribution in [0.1, 0.15) is 23.6 Å². The summed E-state index contributed by atoms with van der Waals surface area (Å²) in [6.07, 6.45) is 0.999. The summed E-state index contributed by atoms with van der Waals surface area (Å²) in [7, 11) is 0. The smallest absolute Gasteiger partial charge is 0.248 e. The summed E-state index contributed by atoms with van der Waals surface area (Å²) in [5, 5.41) is 3.40. The molecule has 0 aliphatic rings. The minimum Gasteiger partial charge on any atom is -0.331 e. The second-order valence-corrected chi connectivity index (χ2v) is 7.05. The van der Waals surface area contributed by atoms with E-state index in [-0.39, 0.29) is 5.91 Å². The van der Waals surface area contributed by atoms with E-state index in [0.717, 1.165) is 17.9 Å². The first-order valence-corrected chi connectivity index (χ1v) is 9.71. The van der Waals surface area contributed by atoms with Crippen molar-refractivity contribution in [2.24, 2.45) is 0 Å². The largest absolute Gasteiger partial charge is 0.331 e. The van der Waals surface area contributed by atoms with Gasteiger partial charge in [0.05, 0.1) is 5.75 Å². The SMILES string of the molecule is CCc1ccc(NC(=S)NNC(=O)CSCc2ccc(C)cc2)cc1. The molecular formula is C19H23N3OS2. The van der Waals surface area contributed by atoms with Crippen LogP contribution in [0.3, 0.4) is 0 Å². The van der Waals surface area contributed by atoms with Crippen LogP contribution < -0.4 is 16.2 Å². The molecule has 0 fully saturated rings. The number of aryl methyl sites for hydroxylation is 2. The van der Waals surface area contributed by atoms with Gasteiger partial charge in [-0.25, -0.2) is 0 Å². The van der Waals surface area contributed by atoms with Crippen molar-refractivity contribution < 1.29 is 4.79 Å². The number of anilines is 1. The zero-order chi connectivity index (χ0) is 18.1. The Morgan fingerprint density at radius 2 is 1.64 bits per heavy atom. The lowest BCUT2D eigenvalue weighted by molar-refractivity contribution is -0.119. The molecule has 0 saturated carbocycles. The quantitative estimate of drug-likeness (QED) is 0.531. The lowest BCUT2D eigenvalue weighted by Crippen LogP contribution is -2.44. The second kappa shape index (κ2) is 10.1. The van der Waals surface area contributed by atoms with Crippen molar-refractivity contribution in [1.29, 1.82) is 0 Å². The Hall–Kier alpha value is -2.05. The molecule has 0 aliphatic heterocycles. The molecule has 6 heteroatoms. The van der Waals surface area contributed by atoms with Crippen LogP contribution in [-0.4, -0.2) is 16.8 Å². The lowest BCUT2D eigenvalue weighted by Gasteiger charge is -2.12. The number of hydrazine groups is 1. The van der Waals surface area contributed by atoms with Crippen LogP contribution in [0.5, 0.6) is 0 Å². The van der Waals surface area contributed by atoms with Crippen molar-refractivity contribution in [3.63, 3.8) is 0 Å². The van der Waals surface area contributed by atoms with Gasteiger partial charge < -0.3 is 5.32 Å². The molecular weight excluding hydrogens is 350 g/mol. The number of thioether (sulfide) groups is 1. The van der Waals surface area contributed by atoms with Crippen molar-refractivity contribution in [2.75, 3.05) is 11.1 Å². The van der Waals surface area contributed by atoms with Gasteiger partial charge >= 0.3 is 0 Å². The van der Waals surface area contributed by atoms with Crippen molar-refractivity contribution in [3.05, 3.63) is 65.2 Å². The first-order chi connectivity index (χ1) is 12.1. The zero-order valence-corrected chi connectivity index (χ0v) is 16.1. The summed E-state index contributed by atoms with van der Waals surface area (Å²) in [4.78, 5) is 11.8. The van der Waals surface area contributed by atoms with Crippen LogP contribution in [0.2, 0.25) is 0 Å². The predicted octanol–water partition coefficient (Wildman–Crippen LogP) is 3.81. The standard InChI is InChI=1S/C19H23N3OS2/c1-3-15-8-10-17(11-9-15)20-19(24)22-21-18(23)13-25-12-16-6-4-14(2)5-7-16/h4-11H,3,12-13H2,1-2H3,(H,21,23)(H2,20,22,24). The number of carbonyl (C=O) groups excluding carboxylic acids is 1. The number of thiocarbonyl (C=S) groups is 1. The molecule has 0 heterocycles. The molecule has 3 N–H and O–H groups in total. The van der Waals surface area contributed by atoms with E-state index in [1.54, 1.807) is 11.8 Å². The number of benzene rings is 2. The lowest BCUT2D eigenvalue weighted by atomic mass is 10.1.